The lowest BCUT2D eigenvalue weighted by atomic mass is 10.0. The normalized spacial score (nSPS) is 14.2. The zero-order chi connectivity index (χ0) is 32.5. The van der Waals surface area contributed by atoms with E-state index in [4.69, 9.17) is 0 Å². The second-order valence-corrected chi connectivity index (χ2v) is 14.1. The fourth-order valence-corrected chi connectivity index (χ4v) is 7.41. The van der Waals surface area contributed by atoms with E-state index < -0.39 is 28.5 Å². The molecule has 8 heteroatoms. The molecule has 0 radical (unpaired) electrons. The van der Waals surface area contributed by atoms with Crippen molar-refractivity contribution < 1.29 is 18.0 Å². The summed E-state index contributed by atoms with van der Waals surface area (Å²) in [5, 5.41) is 3.21. The Balaban J connectivity index is 1.55. The van der Waals surface area contributed by atoms with Crippen LogP contribution < -0.4 is 9.62 Å². The van der Waals surface area contributed by atoms with Crippen LogP contribution in [0, 0.1) is 0 Å². The van der Waals surface area contributed by atoms with Crippen molar-refractivity contribution in [3.05, 3.63) is 132 Å². The van der Waals surface area contributed by atoms with E-state index in [-0.39, 0.29) is 29.3 Å². The lowest BCUT2D eigenvalue weighted by molar-refractivity contribution is -0.140. The number of sulfonamides is 1. The number of carbonyl (C=O) groups is 2. The molecular weight excluding hydrogens is 595 g/mol. The van der Waals surface area contributed by atoms with Gasteiger partial charge in [-0.15, -0.1) is 0 Å². The quantitative estimate of drug-likeness (QED) is 0.177. The SMILES string of the molecule is CC(C)c1ccc(N(CC(=O)N(Cc2ccccc2)C(Cc2ccccc2)C(=O)NC2CCCC2)S(=O)(=O)c2ccccc2)cc1. The Morgan fingerprint density at radius 3 is 1.87 bits per heavy atom. The van der Waals surface area contributed by atoms with Crippen molar-refractivity contribution in [2.45, 2.75) is 75.4 Å². The molecule has 0 saturated heterocycles. The molecular formula is C38H43N3O4S. The van der Waals surface area contributed by atoms with Crippen molar-refractivity contribution >= 4 is 27.5 Å². The number of nitrogens with zero attached hydrogens (tertiary/aromatic N) is 2. The molecule has 1 N–H and O–H groups in total. The van der Waals surface area contributed by atoms with Gasteiger partial charge in [-0.2, -0.15) is 0 Å². The van der Waals surface area contributed by atoms with Crippen LogP contribution in [0.1, 0.15) is 62.1 Å². The van der Waals surface area contributed by atoms with E-state index in [0.717, 1.165) is 42.4 Å². The second kappa shape index (κ2) is 15.2. The Kier molecular flexibility index (Phi) is 10.9. The molecule has 0 bridgehead atoms. The summed E-state index contributed by atoms with van der Waals surface area (Å²) in [6, 6.07) is 33.8. The molecule has 4 aromatic rings. The van der Waals surface area contributed by atoms with Crippen molar-refractivity contribution in [1.82, 2.24) is 10.2 Å². The van der Waals surface area contributed by atoms with Crippen molar-refractivity contribution in [3.8, 4) is 0 Å². The summed E-state index contributed by atoms with van der Waals surface area (Å²) in [4.78, 5) is 30.3. The van der Waals surface area contributed by atoms with Crippen molar-refractivity contribution in [2.75, 3.05) is 10.8 Å². The largest absolute Gasteiger partial charge is 0.352 e. The van der Waals surface area contributed by atoms with Gasteiger partial charge in [0.25, 0.3) is 10.0 Å². The molecule has 0 heterocycles. The third-order valence-electron chi connectivity index (χ3n) is 8.63. The summed E-state index contributed by atoms with van der Waals surface area (Å²) >= 11 is 0. The number of anilines is 1. The summed E-state index contributed by atoms with van der Waals surface area (Å²) in [6.45, 7) is 3.83. The van der Waals surface area contributed by atoms with Crippen LogP contribution in [0.25, 0.3) is 0 Å². The number of carbonyl (C=O) groups excluding carboxylic acids is 2. The molecule has 1 atom stereocenters. The minimum atomic E-state index is -4.13. The maximum atomic E-state index is 14.6. The molecule has 5 rings (SSSR count). The average molecular weight is 638 g/mol. The molecule has 2 amide bonds. The van der Waals surface area contributed by atoms with E-state index in [1.165, 1.54) is 16.4 Å². The fraction of sp³-hybridized carbons (Fsp3) is 0.316. The predicted molar refractivity (Wildman–Crippen MR) is 183 cm³/mol. The van der Waals surface area contributed by atoms with Crippen LogP contribution in [-0.2, 0) is 32.6 Å². The van der Waals surface area contributed by atoms with E-state index in [1.807, 2.05) is 72.8 Å². The van der Waals surface area contributed by atoms with Crippen LogP contribution in [0.3, 0.4) is 0 Å². The van der Waals surface area contributed by atoms with Gasteiger partial charge in [-0.3, -0.25) is 13.9 Å². The molecule has 4 aromatic carbocycles. The highest BCUT2D eigenvalue weighted by Crippen LogP contribution is 2.27. The smallest absolute Gasteiger partial charge is 0.264 e. The predicted octanol–water partition coefficient (Wildman–Crippen LogP) is 6.70. The van der Waals surface area contributed by atoms with Gasteiger partial charge in [0.05, 0.1) is 10.6 Å². The van der Waals surface area contributed by atoms with Gasteiger partial charge in [0.1, 0.15) is 12.6 Å². The van der Waals surface area contributed by atoms with Gasteiger partial charge in [-0.05, 0) is 59.7 Å². The third kappa shape index (κ3) is 8.23. The monoisotopic (exact) mass is 637 g/mol. The van der Waals surface area contributed by atoms with Crippen molar-refractivity contribution in [3.63, 3.8) is 0 Å². The number of rotatable bonds is 13. The molecule has 1 aliphatic rings. The van der Waals surface area contributed by atoms with Crippen LogP contribution in [-0.4, -0.2) is 43.8 Å². The van der Waals surface area contributed by atoms with Gasteiger partial charge in [-0.1, -0.05) is 118 Å². The van der Waals surface area contributed by atoms with Gasteiger partial charge in [0.2, 0.25) is 11.8 Å². The zero-order valence-corrected chi connectivity index (χ0v) is 27.4. The molecule has 1 unspecified atom stereocenters. The number of benzene rings is 4. The minimum Gasteiger partial charge on any atom is -0.352 e. The van der Waals surface area contributed by atoms with E-state index in [0.29, 0.717) is 12.1 Å². The lowest BCUT2D eigenvalue weighted by Crippen LogP contribution is -2.54. The zero-order valence-electron chi connectivity index (χ0n) is 26.6. The van der Waals surface area contributed by atoms with Gasteiger partial charge < -0.3 is 10.2 Å². The number of nitrogens with one attached hydrogen (secondary N) is 1. The van der Waals surface area contributed by atoms with E-state index in [9.17, 15) is 18.0 Å². The highest BCUT2D eigenvalue weighted by molar-refractivity contribution is 7.92. The van der Waals surface area contributed by atoms with Crippen LogP contribution in [0.4, 0.5) is 5.69 Å². The molecule has 1 aliphatic carbocycles. The Morgan fingerprint density at radius 2 is 1.30 bits per heavy atom. The Morgan fingerprint density at radius 1 is 0.761 bits per heavy atom. The number of amides is 2. The maximum Gasteiger partial charge on any atom is 0.264 e. The first-order valence-corrected chi connectivity index (χ1v) is 17.5. The number of hydrogen-bond acceptors (Lipinski definition) is 4. The second-order valence-electron chi connectivity index (χ2n) is 12.3. The van der Waals surface area contributed by atoms with Crippen LogP contribution in [0.2, 0.25) is 0 Å². The number of hydrogen-bond donors (Lipinski definition) is 1. The van der Waals surface area contributed by atoms with E-state index in [1.54, 1.807) is 35.2 Å². The fourth-order valence-electron chi connectivity index (χ4n) is 5.98. The summed E-state index contributed by atoms with van der Waals surface area (Å²) in [5.41, 5.74) is 3.21. The molecule has 0 aromatic heterocycles. The van der Waals surface area contributed by atoms with Crippen LogP contribution >= 0.6 is 0 Å². The average Bonchev–Trinajstić information content (AvgIpc) is 3.59. The summed E-state index contributed by atoms with van der Waals surface area (Å²) in [5.74, 6) is -0.425. The topological polar surface area (TPSA) is 86.8 Å². The van der Waals surface area contributed by atoms with E-state index in [2.05, 4.69) is 19.2 Å². The molecule has 0 aliphatic heterocycles. The molecule has 1 fully saturated rings. The molecule has 7 nitrogen and oxygen atoms in total. The van der Waals surface area contributed by atoms with Gasteiger partial charge in [-0.25, -0.2) is 8.42 Å². The van der Waals surface area contributed by atoms with Crippen LogP contribution in [0.15, 0.2) is 120 Å². The molecule has 240 valence electrons. The first kappa shape index (κ1) is 32.9. The van der Waals surface area contributed by atoms with Gasteiger partial charge in [0.15, 0.2) is 0 Å². The first-order chi connectivity index (χ1) is 22.2. The molecule has 46 heavy (non-hydrogen) atoms. The Hall–Kier alpha value is -4.43. The van der Waals surface area contributed by atoms with Gasteiger partial charge in [0, 0.05) is 19.0 Å². The first-order valence-electron chi connectivity index (χ1n) is 16.1. The van der Waals surface area contributed by atoms with Gasteiger partial charge >= 0.3 is 0 Å². The summed E-state index contributed by atoms with van der Waals surface area (Å²) in [6.07, 6.45) is 4.23. The Bertz CT molecular complexity index is 1670. The minimum absolute atomic E-state index is 0.0638. The summed E-state index contributed by atoms with van der Waals surface area (Å²) < 4.78 is 29.5. The summed E-state index contributed by atoms with van der Waals surface area (Å²) in [7, 11) is -4.13. The molecule has 0 spiro atoms. The highest BCUT2D eigenvalue weighted by Gasteiger charge is 2.35. The van der Waals surface area contributed by atoms with Crippen LogP contribution in [0.5, 0.6) is 0 Å². The van der Waals surface area contributed by atoms with Crippen molar-refractivity contribution in [1.29, 1.82) is 0 Å². The highest BCUT2D eigenvalue weighted by atomic mass is 32.2. The Labute approximate surface area is 273 Å². The van der Waals surface area contributed by atoms with E-state index >= 15 is 0 Å². The standard InChI is InChI=1S/C38H43N3O4S/c1-29(2)32-22-24-34(25-23-32)41(46(44,45)35-20-10-5-11-21-35)28-37(42)40(27-31-16-8-4-9-17-31)36(26-30-14-6-3-7-15-30)38(43)39-33-18-12-13-19-33/h3-11,14-17,20-25,29,33,36H,12-13,18-19,26-28H2,1-2H3,(H,39,43). The van der Waals surface area contributed by atoms with Crippen molar-refractivity contribution in [2.24, 2.45) is 0 Å². The maximum absolute atomic E-state index is 14.6. The lowest BCUT2D eigenvalue weighted by Gasteiger charge is -2.34. The molecule has 1 saturated carbocycles. The third-order valence-corrected chi connectivity index (χ3v) is 10.4.